The van der Waals surface area contributed by atoms with Gasteiger partial charge in [-0.05, 0) is 18.2 Å². The number of rotatable bonds is 6. The smallest absolute Gasteiger partial charge is 0.269 e. The molecule has 38 heavy (non-hydrogen) atoms. The zero-order valence-corrected chi connectivity index (χ0v) is 20.7. The van der Waals surface area contributed by atoms with Gasteiger partial charge in [-0.1, -0.05) is 60.1 Å². The van der Waals surface area contributed by atoms with E-state index in [1.165, 1.54) is 15.6 Å². The Morgan fingerprint density at radius 2 is 1.76 bits per heavy atom. The molecule has 1 fully saturated rings. The first-order chi connectivity index (χ1) is 18.2. The zero-order valence-electron chi connectivity index (χ0n) is 20.0. The summed E-state index contributed by atoms with van der Waals surface area (Å²) in [7, 11) is 0. The molecule has 4 N–H and O–H groups in total. The van der Waals surface area contributed by atoms with Crippen molar-refractivity contribution in [3.63, 3.8) is 0 Å². The van der Waals surface area contributed by atoms with Gasteiger partial charge in [0.05, 0.1) is 17.3 Å². The Balaban J connectivity index is 1.38. The molecule has 3 amide bonds. The number of hydrogen-bond donors (Lipinski definition) is 3. The number of carbonyl (C=O) groups excluding carboxylic acids is 3. The van der Waals surface area contributed by atoms with E-state index in [0.29, 0.717) is 21.5 Å². The molecule has 4 aromatic rings. The summed E-state index contributed by atoms with van der Waals surface area (Å²) in [6.07, 6.45) is -0.958. The van der Waals surface area contributed by atoms with E-state index in [2.05, 4.69) is 10.4 Å². The number of β-amino-alcohol motifs (C(OH)–C–C–N with tert-alkyl or cyclic N) is 1. The standard InChI is InChI=1S/C27H23ClFN5O4/c28-19-9-3-1-6-16(19)17-8-5-10-20(24(17)29)31-27(38)22-12-15(35)13-33(22)23(36)14-34-21-11-4-2-7-18(21)25(32-34)26(30)37/h1-11,15,22,35H,12-14H2,(H2,30,37)(H,31,38)/t15-,22+/m1/s1. The van der Waals surface area contributed by atoms with E-state index in [1.54, 1.807) is 60.7 Å². The Labute approximate surface area is 221 Å². The lowest BCUT2D eigenvalue weighted by molar-refractivity contribution is -0.137. The Bertz CT molecular complexity index is 1570. The molecule has 2 atom stereocenters. The van der Waals surface area contributed by atoms with Crippen molar-refractivity contribution < 1.29 is 23.9 Å². The van der Waals surface area contributed by atoms with Gasteiger partial charge in [0, 0.05) is 34.5 Å². The predicted octanol–water partition coefficient (Wildman–Crippen LogP) is 3.20. The fraction of sp³-hybridized carbons (Fsp3) is 0.185. The van der Waals surface area contributed by atoms with Crippen LogP contribution < -0.4 is 11.1 Å². The summed E-state index contributed by atoms with van der Waals surface area (Å²) in [5.41, 5.74) is 6.58. The Kier molecular flexibility index (Phi) is 6.83. The van der Waals surface area contributed by atoms with Crippen LogP contribution in [0.15, 0.2) is 66.7 Å². The number of hydrogen-bond acceptors (Lipinski definition) is 5. The molecule has 11 heteroatoms. The molecule has 9 nitrogen and oxygen atoms in total. The Morgan fingerprint density at radius 1 is 1.05 bits per heavy atom. The van der Waals surface area contributed by atoms with Gasteiger partial charge in [0.1, 0.15) is 12.6 Å². The fourth-order valence-corrected chi connectivity index (χ4v) is 4.96. The number of halogens is 2. The lowest BCUT2D eigenvalue weighted by atomic mass is 10.0. The number of benzene rings is 3. The Hall–Kier alpha value is -4.28. The summed E-state index contributed by atoms with van der Waals surface area (Å²) in [4.78, 5) is 39.5. The van der Waals surface area contributed by atoms with Crippen LogP contribution in [-0.4, -0.2) is 56.2 Å². The second-order valence-corrected chi connectivity index (χ2v) is 9.38. The molecule has 3 aromatic carbocycles. The molecule has 5 rings (SSSR count). The van der Waals surface area contributed by atoms with Crippen molar-refractivity contribution in [1.29, 1.82) is 0 Å². The number of aliphatic hydroxyl groups excluding tert-OH is 1. The van der Waals surface area contributed by atoms with Gasteiger partial charge in [-0.2, -0.15) is 5.10 Å². The third kappa shape index (κ3) is 4.71. The average Bonchev–Trinajstić information content (AvgIpc) is 3.47. The number of likely N-dealkylation sites (tertiary alicyclic amines) is 1. The topological polar surface area (TPSA) is 131 Å². The molecule has 1 aliphatic rings. The van der Waals surface area contributed by atoms with Crippen LogP contribution in [0.3, 0.4) is 0 Å². The molecule has 0 aliphatic carbocycles. The maximum Gasteiger partial charge on any atom is 0.269 e. The lowest BCUT2D eigenvalue weighted by Crippen LogP contribution is -2.44. The number of aliphatic hydroxyl groups is 1. The van der Waals surface area contributed by atoms with Crippen LogP contribution in [0, 0.1) is 5.82 Å². The number of fused-ring (bicyclic) bond motifs is 1. The van der Waals surface area contributed by atoms with Gasteiger partial charge >= 0.3 is 0 Å². The monoisotopic (exact) mass is 535 g/mol. The molecule has 1 saturated heterocycles. The van der Waals surface area contributed by atoms with E-state index < -0.39 is 35.7 Å². The third-order valence-electron chi connectivity index (χ3n) is 6.50. The maximum absolute atomic E-state index is 15.4. The SMILES string of the molecule is NC(=O)c1nn(CC(=O)N2C[C@H](O)C[C@H]2C(=O)Nc2cccc(-c3ccccc3Cl)c2F)c2ccccc12. The summed E-state index contributed by atoms with van der Waals surface area (Å²) in [5.74, 6) is -2.56. The van der Waals surface area contributed by atoms with Crippen molar-refractivity contribution in [2.45, 2.75) is 25.1 Å². The van der Waals surface area contributed by atoms with Crippen molar-refractivity contribution >= 4 is 45.9 Å². The number of nitrogens with two attached hydrogens (primary N) is 1. The number of carbonyl (C=O) groups is 3. The summed E-state index contributed by atoms with van der Waals surface area (Å²) >= 11 is 6.23. The van der Waals surface area contributed by atoms with E-state index >= 15 is 4.39 Å². The molecule has 0 unspecified atom stereocenters. The molecule has 0 bridgehead atoms. The molecule has 0 radical (unpaired) electrons. The van der Waals surface area contributed by atoms with E-state index in [4.69, 9.17) is 17.3 Å². The predicted molar refractivity (Wildman–Crippen MR) is 140 cm³/mol. The second kappa shape index (κ2) is 10.2. The fourth-order valence-electron chi connectivity index (χ4n) is 4.72. The molecule has 1 aromatic heterocycles. The second-order valence-electron chi connectivity index (χ2n) is 8.98. The van der Waals surface area contributed by atoms with Gasteiger partial charge in [0.15, 0.2) is 11.5 Å². The zero-order chi connectivity index (χ0) is 27.0. The van der Waals surface area contributed by atoms with Crippen molar-refractivity contribution in [2.24, 2.45) is 5.73 Å². The number of primary amides is 1. The first-order valence-corrected chi connectivity index (χ1v) is 12.2. The van der Waals surface area contributed by atoms with E-state index in [-0.39, 0.29) is 36.5 Å². The number of aromatic nitrogens is 2. The highest BCUT2D eigenvalue weighted by molar-refractivity contribution is 6.33. The highest BCUT2D eigenvalue weighted by atomic mass is 35.5. The van der Waals surface area contributed by atoms with Crippen LogP contribution in [0.25, 0.3) is 22.0 Å². The van der Waals surface area contributed by atoms with Crippen LogP contribution >= 0.6 is 11.6 Å². The van der Waals surface area contributed by atoms with Crippen molar-refractivity contribution in [1.82, 2.24) is 14.7 Å². The van der Waals surface area contributed by atoms with E-state index in [1.807, 2.05) is 0 Å². The van der Waals surface area contributed by atoms with Crippen molar-refractivity contribution in [2.75, 3.05) is 11.9 Å². The van der Waals surface area contributed by atoms with Crippen molar-refractivity contribution in [3.05, 3.63) is 83.3 Å². The first-order valence-electron chi connectivity index (χ1n) is 11.8. The summed E-state index contributed by atoms with van der Waals surface area (Å²) < 4.78 is 16.7. The molecular formula is C27H23ClFN5O4. The summed E-state index contributed by atoms with van der Waals surface area (Å²) in [6, 6.07) is 17.1. The van der Waals surface area contributed by atoms with E-state index in [9.17, 15) is 19.5 Å². The average molecular weight is 536 g/mol. The largest absolute Gasteiger partial charge is 0.391 e. The van der Waals surface area contributed by atoms with Crippen LogP contribution in [0.5, 0.6) is 0 Å². The minimum atomic E-state index is -1.04. The molecule has 1 aliphatic heterocycles. The number of nitrogens with one attached hydrogen (secondary N) is 1. The number of anilines is 1. The third-order valence-corrected chi connectivity index (χ3v) is 6.83. The number of amides is 3. The van der Waals surface area contributed by atoms with Crippen LogP contribution in [0.2, 0.25) is 5.02 Å². The lowest BCUT2D eigenvalue weighted by Gasteiger charge is -2.24. The summed E-state index contributed by atoms with van der Waals surface area (Å²) in [6.45, 7) is -0.373. The molecule has 0 saturated carbocycles. The van der Waals surface area contributed by atoms with Gasteiger partial charge in [-0.3, -0.25) is 19.1 Å². The van der Waals surface area contributed by atoms with Gasteiger partial charge in [-0.15, -0.1) is 0 Å². The van der Waals surface area contributed by atoms with Gasteiger partial charge in [0.25, 0.3) is 5.91 Å². The Morgan fingerprint density at radius 3 is 2.53 bits per heavy atom. The minimum absolute atomic E-state index is 0.0181. The molecule has 194 valence electrons. The molecule has 2 heterocycles. The number of nitrogens with zero attached hydrogens (tertiary/aromatic N) is 3. The molecular weight excluding hydrogens is 513 g/mol. The van der Waals surface area contributed by atoms with Gasteiger partial charge in [-0.25, -0.2) is 4.39 Å². The quantitative estimate of drug-likeness (QED) is 0.349. The normalized spacial score (nSPS) is 17.1. The molecule has 0 spiro atoms. The number of para-hydroxylation sites is 1. The van der Waals surface area contributed by atoms with Crippen LogP contribution in [-0.2, 0) is 16.1 Å². The minimum Gasteiger partial charge on any atom is -0.391 e. The van der Waals surface area contributed by atoms with E-state index in [0.717, 1.165) is 0 Å². The van der Waals surface area contributed by atoms with Gasteiger partial charge in [0.2, 0.25) is 11.8 Å². The first kappa shape index (κ1) is 25.4. The van der Waals surface area contributed by atoms with Crippen LogP contribution in [0.1, 0.15) is 16.9 Å². The maximum atomic E-state index is 15.4. The summed E-state index contributed by atoms with van der Waals surface area (Å²) in [5, 5.41) is 17.9. The highest BCUT2D eigenvalue weighted by Gasteiger charge is 2.39. The van der Waals surface area contributed by atoms with Gasteiger partial charge < -0.3 is 21.1 Å². The van der Waals surface area contributed by atoms with Crippen LogP contribution in [0.4, 0.5) is 10.1 Å². The highest BCUT2D eigenvalue weighted by Crippen LogP contribution is 2.33. The van der Waals surface area contributed by atoms with Crippen molar-refractivity contribution in [3.8, 4) is 11.1 Å².